The third-order valence-corrected chi connectivity index (χ3v) is 7.15. The van der Waals surface area contributed by atoms with Crippen molar-refractivity contribution >= 4 is 21.6 Å². The molecule has 0 heterocycles. The van der Waals surface area contributed by atoms with Crippen LogP contribution in [0.1, 0.15) is 40.4 Å². The Balaban J connectivity index is 1.71. The Morgan fingerprint density at radius 3 is 2.50 bits per heavy atom. The molecule has 0 saturated heterocycles. The number of hydrogen-bond donors (Lipinski definition) is 2. The summed E-state index contributed by atoms with van der Waals surface area (Å²) in [7, 11) is -1.52. The molecule has 178 valence electrons. The van der Waals surface area contributed by atoms with E-state index in [4.69, 9.17) is 9.47 Å². The molecule has 0 spiro atoms. The average Bonchev–Trinajstić information content (AvgIpc) is 2.84. The lowest BCUT2D eigenvalue weighted by Gasteiger charge is -2.27. The van der Waals surface area contributed by atoms with Gasteiger partial charge in [-0.2, -0.15) is 0 Å². The Morgan fingerprint density at radius 2 is 1.76 bits per heavy atom. The molecule has 9 heteroatoms. The second kappa shape index (κ2) is 9.72. The molecule has 0 radical (unpaired) electrons. The highest BCUT2D eigenvalue weighted by atomic mass is 32.2. The third kappa shape index (κ3) is 4.70. The Morgan fingerprint density at radius 1 is 1.03 bits per heavy atom. The Hall–Kier alpha value is -3.59. The predicted molar refractivity (Wildman–Crippen MR) is 126 cm³/mol. The normalized spacial score (nSPS) is 15.2. The summed E-state index contributed by atoms with van der Waals surface area (Å²) in [6.45, 7) is 0. The van der Waals surface area contributed by atoms with Gasteiger partial charge in [-0.25, -0.2) is 12.8 Å². The molecule has 1 atom stereocenters. The SMILES string of the molecule is COc1cc(S(=O)(=O)Nc2ccccc2F)cc(C(=O)N[C@H]2CCCc3ccccc32)c1OC. The third-order valence-electron chi connectivity index (χ3n) is 5.80. The van der Waals surface area contributed by atoms with Crippen molar-refractivity contribution in [1.82, 2.24) is 5.32 Å². The van der Waals surface area contributed by atoms with Crippen molar-refractivity contribution in [3.8, 4) is 11.5 Å². The number of sulfonamides is 1. The smallest absolute Gasteiger partial charge is 0.262 e. The molecule has 4 rings (SSSR count). The van der Waals surface area contributed by atoms with Gasteiger partial charge in [-0.05, 0) is 48.6 Å². The Kier molecular flexibility index (Phi) is 6.74. The number of ether oxygens (including phenoxy) is 2. The number of aryl methyl sites for hydroxylation is 1. The van der Waals surface area contributed by atoms with E-state index < -0.39 is 21.7 Å². The van der Waals surface area contributed by atoms with E-state index in [0.29, 0.717) is 0 Å². The summed E-state index contributed by atoms with van der Waals surface area (Å²) in [5.74, 6) is -1.05. The number of carbonyl (C=O) groups excluding carboxylic acids is 1. The van der Waals surface area contributed by atoms with Crippen LogP contribution in [0.25, 0.3) is 0 Å². The Bertz CT molecular complexity index is 1330. The van der Waals surface area contributed by atoms with Crippen molar-refractivity contribution in [1.29, 1.82) is 0 Å². The molecular formula is C25H25FN2O5S. The van der Waals surface area contributed by atoms with Gasteiger partial charge in [0.1, 0.15) is 5.82 Å². The van der Waals surface area contributed by atoms with Crippen LogP contribution in [0, 0.1) is 5.82 Å². The fourth-order valence-electron chi connectivity index (χ4n) is 4.15. The molecule has 0 aliphatic heterocycles. The fraction of sp³-hybridized carbons (Fsp3) is 0.240. The standard InChI is InChI=1S/C25H25FN2O5S/c1-32-23-15-17(34(30,31)28-22-12-6-5-11-20(22)26)14-19(24(23)33-2)25(29)27-21-13-7-9-16-8-3-4-10-18(16)21/h3-6,8,10-12,14-15,21,28H,7,9,13H2,1-2H3,(H,27,29)/t21-/m0/s1. The van der Waals surface area contributed by atoms with E-state index in [1.165, 1.54) is 50.1 Å². The van der Waals surface area contributed by atoms with Gasteiger partial charge in [0.15, 0.2) is 11.5 Å². The number of amides is 1. The van der Waals surface area contributed by atoms with Gasteiger partial charge in [0.2, 0.25) is 0 Å². The molecule has 1 aliphatic rings. The summed E-state index contributed by atoms with van der Waals surface area (Å²) in [5, 5.41) is 3.01. The number of halogens is 1. The van der Waals surface area contributed by atoms with Gasteiger partial charge < -0.3 is 14.8 Å². The number of methoxy groups -OCH3 is 2. The lowest BCUT2D eigenvalue weighted by molar-refractivity contribution is 0.0928. The lowest BCUT2D eigenvalue weighted by Crippen LogP contribution is -2.31. The Labute approximate surface area is 198 Å². The van der Waals surface area contributed by atoms with Crippen molar-refractivity contribution in [2.75, 3.05) is 18.9 Å². The summed E-state index contributed by atoms with van der Waals surface area (Å²) < 4.78 is 53.1. The van der Waals surface area contributed by atoms with E-state index in [1.807, 2.05) is 24.3 Å². The molecule has 0 fully saturated rings. The van der Waals surface area contributed by atoms with Gasteiger partial charge in [0.25, 0.3) is 15.9 Å². The minimum atomic E-state index is -4.24. The van der Waals surface area contributed by atoms with Crippen LogP contribution < -0.4 is 19.5 Å². The number of hydrogen-bond acceptors (Lipinski definition) is 5. The van der Waals surface area contributed by atoms with E-state index in [1.54, 1.807) is 0 Å². The van der Waals surface area contributed by atoms with Crippen LogP contribution >= 0.6 is 0 Å². The van der Waals surface area contributed by atoms with Crippen LogP contribution in [0.5, 0.6) is 11.5 Å². The predicted octanol–water partition coefficient (Wildman–Crippen LogP) is 4.45. The molecule has 3 aromatic carbocycles. The van der Waals surface area contributed by atoms with Gasteiger partial charge in [-0.3, -0.25) is 9.52 Å². The molecular weight excluding hydrogens is 459 g/mol. The first-order valence-electron chi connectivity index (χ1n) is 10.8. The van der Waals surface area contributed by atoms with Crippen LogP contribution in [0.4, 0.5) is 10.1 Å². The summed E-state index contributed by atoms with van der Waals surface area (Å²) in [6.07, 6.45) is 2.62. The number of para-hydroxylation sites is 1. The maximum Gasteiger partial charge on any atom is 0.262 e. The zero-order valence-corrected chi connectivity index (χ0v) is 19.6. The molecule has 3 aromatic rings. The van der Waals surface area contributed by atoms with Crippen molar-refractivity contribution in [2.24, 2.45) is 0 Å². The number of carbonyl (C=O) groups is 1. The van der Waals surface area contributed by atoms with E-state index >= 15 is 0 Å². The van der Waals surface area contributed by atoms with E-state index in [9.17, 15) is 17.6 Å². The zero-order valence-electron chi connectivity index (χ0n) is 18.8. The summed E-state index contributed by atoms with van der Waals surface area (Å²) in [4.78, 5) is 13.1. The molecule has 0 aromatic heterocycles. The van der Waals surface area contributed by atoms with Crippen LogP contribution in [0.3, 0.4) is 0 Å². The van der Waals surface area contributed by atoms with E-state index in [0.717, 1.165) is 30.9 Å². The lowest BCUT2D eigenvalue weighted by atomic mass is 9.87. The maximum atomic E-state index is 14.1. The minimum absolute atomic E-state index is 0.00110. The first-order chi connectivity index (χ1) is 16.3. The van der Waals surface area contributed by atoms with Crippen molar-refractivity contribution < 1.29 is 27.1 Å². The second-order valence-corrected chi connectivity index (χ2v) is 9.59. The van der Waals surface area contributed by atoms with Gasteiger partial charge in [0.05, 0.1) is 36.4 Å². The van der Waals surface area contributed by atoms with Crippen LogP contribution in [-0.4, -0.2) is 28.5 Å². The maximum absolute atomic E-state index is 14.1. The highest BCUT2D eigenvalue weighted by molar-refractivity contribution is 7.92. The molecule has 0 unspecified atom stereocenters. The molecule has 7 nitrogen and oxygen atoms in total. The first-order valence-corrected chi connectivity index (χ1v) is 12.2. The summed E-state index contributed by atoms with van der Waals surface area (Å²) in [5.41, 5.74) is 2.01. The van der Waals surface area contributed by atoms with Crippen molar-refractivity contribution in [2.45, 2.75) is 30.2 Å². The highest BCUT2D eigenvalue weighted by Gasteiger charge is 2.27. The number of benzene rings is 3. The van der Waals surface area contributed by atoms with E-state index in [-0.39, 0.29) is 33.7 Å². The summed E-state index contributed by atoms with van der Waals surface area (Å²) >= 11 is 0. The van der Waals surface area contributed by atoms with Gasteiger partial charge in [-0.1, -0.05) is 36.4 Å². The molecule has 1 amide bonds. The van der Waals surface area contributed by atoms with Crippen LogP contribution in [0.15, 0.2) is 65.6 Å². The molecule has 2 N–H and O–H groups in total. The zero-order chi connectivity index (χ0) is 24.3. The largest absolute Gasteiger partial charge is 0.493 e. The highest BCUT2D eigenvalue weighted by Crippen LogP contribution is 2.36. The van der Waals surface area contributed by atoms with Crippen LogP contribution in [0.2, 0.25) is 0 Å². The van der Waals surface area contributed by atoms with Crippen molar-refractivity contribution in [3.05, 3.63) is 83.2 Å². The quantitative estimate of drug-likeness (QED) is 0.517. The van der Waals surface area contributed by atoms with Gasteiger partial charge >= 0.3 is 0 Å². The number of nitrogens with one attached hydrogen (secondary N) is 2. The fourth-order valence-corrected chi connectivity index (χ4v) is 5.26. The van der Waals surface area contributed by atoms with Crippen LogP contribution in [-0.2, 0) is 16.4 Å². The number of anilines is 1. The second-order valence-electron chi connectivity index (χ2n) is 7.91. The molecule has 0 saturated carbocycles. The molecule has 34 heavy (non-hydrogen) atoms. The number of fused-ring (bicyclic) bond motifs is 1. The molecule has 1 aliphatic carbocycles. The van der Waals surface area contributed by atoms with Gasteiger partial charge in [-0.15, -0.1) is 0 Å². The minimum Gasteiger partial charge on any atom is -0.493 e. The number of rotatable bonds is 7. The van der Waals surface area contributed by atoms with E-state index in [2.05, 4.69) is 10.0 Å². The first kappa shape index (κ1) is 23.6. The average molecular weight is 485 g/mol. The molecule has 0 bridgehead atoms. The van der Waals surface area contributed by atoms with Crippen molar-refractivity contribution in [3.63, 3.8) is 0 Å². The van der Waals surface area contributed by atoms with Gasteiger partial charge in [0, 0.05) is 6.07 Å². The monoisotopic (exact) mass is 484 g/mol. The summed E-state index contributed by atoms with van der Waals surface area (Å²) in [6, 6.07) is 15.5. The topological polar surface area (TPSA) is 93.7 Å².